The molecule has 2 aliphatic rings. The summed E-state index contributed by atoms with van der Waals surface area (Å²) in [4.78, 5) is 18.6. The van der Waals surface area contributed by atoms with Gasteiger partial charge in [0.25, 0.3) is 0 Å². The van der Waals surface area contributed by atoms with Gasteiger partial charge in [-0.25, -0.2) is 14.2 Å². The average Bonchev–Trinajstić information content (AvgIpc) is 3.35. The van der Waals surface area contributed by atoms with E-state index in [0.29, 0.717) is 23.1 Å². The van der Waals surface area contributed by atoms with Gasteiger partial charge in [-0.1, -0.05) is 25.0 Å². The predicted molar refractivity (Wildman–Crippen MR) is 154 cm³/mol. The third-order valence-electron chi connectivity index (χ3n) is 8.27. The van der Waals surface area contributed by atoms with E-state index < -0.39 is 0 Å². The van der Waals surface area contributed by atoms with Crippen molar-refractivity contribution in [2.75, 3.05) is 6.54 Å². The number of nitrogens with one attached hydrogen (secondary N) is 1. The lowest BCUT2D eigenvalue weighted by molar-refractivity contribution is 0.489. The smallest absolute Gasteiger partial charge is 0.317 e. The van der Waals surface area contributed by atoms with Crippen LogP contribution in [0.5, 0.6) is 0 Å². The van der Waals surface area contributed by atoms with E-state index in [0.717, 1.165) is 59.8 Å². The second-order valence-electron chi connectivity index (χ2n) is 11.3. The Kier molecular flexibility index (Phi) is 6.31. The maximum atomic E-state index is 14.4. The van der Waals surface area contributed by atoms with E-state index >= 15 is 0 Å². The molecule has 0 bridgehead atoms. The lowest BCUT2D eigenvalue weighted by Gasteiger charge is -2.13. The van der Waals surface area contributed by atoms with Gasteiger partial charge in [0.1, 0.15) is 18.0 Å². The molecule has 0 atom stereocenters. The van der Waals surface area contributed by atoms with Gasteiger partial charge in [-0.05, 0) is 85.2 Å². The molecule has 0 aliphatic heterocycles. The van der Waals surface area contributed by atoms with Crippen molar-refractivity contribution >= 4 is 5.52 Å². The molecule has 7 rings (SSSR count). The van der Waals surface area contributed by atoms with Gasteiger partial charge >= 0.3 is 5.69 Å². The van der Waals surface area contributed by atoms with Crippen LogP contribution < -0.4 is 11.0 Å². The molecule has 40 heavy (non-hydrogen) atoms. The zero-order valence-corrected chi connectivity index (χ0v) is 22.6. The van der Waals surface area contributed by atoms with Crippen LogP contribution in [0.15, 0.2) is 66.0 Å². The van der Waals surface area contributed by atoms with E-state index in [2.05, 4.69) is 27.6 Å². The Morgan fingerprint density at radius 1 is 1.02 bits per heavy atom. The summed E-state index contributed by atoms with van der Waals surface area (Å²) in [6.45, 7) is 1.76. The lowest BCUT2D eigenvalue weighted by Crippen LogP contribution is -2.22. The molecule has 4 heterocycles. The first-order chi connectivity index (χ1) is 19.5. The Labute approximate surface area is 233 Å². The lowest BCUT2D eigenvalue weighted by atomic mass is 9.98. The van der Waals surface area contributed by atoms with Crippen molar-refractivity contribution in [2.24, 2.45) is 13.0 Å². The van der Waals surface area contributed by atoms with E-state index in [1.165, 1.54) is 37.8 Å². The number of fused-ring (bicyclic) bond motifs is 1. The SMILES string of the molecule is Cn1cnnc1-c1cc(F)ccc1-c1cc(C2CC2)nc(-n2cc3ccc(CNCC4CCCC4)cn3c2=O)c1.[HH]. The molecule has 206 valence electrons. The van der Waals surface area contributed by atoms with Gasteiger partial charge in [0.2, 0.25) is 0 Å². The normalized spacial score (nSPS) is 15.8. The number of pyridine rings is 2. The summed E-state index contributed by atoms with van der Waals surface area (Å²) < 4.78 is 19.5. The topological polar surface area (TPSA) is 82.0 Å². The standard InChI is InChI=1S/C31H32FN7O.H2/c1-37-19-34-36-30(37)27-14-24(32)9-11-26(27)23-12-28(22-7-8-22)35-29(13-23)39-18-25-10-6-21(17-38(25)31(39)40)16-33-15-20-4-2-3-5-20;/h6,9-14,17-20,22,33H,2-5,7-8,15-16H2,1H3;1H. The molecule has 0 unspecified atom stereocenters. The van der Waals surface area contributed by atoms with Crippen molar-refractivity contribution in [3.05, 3.63) is 88.7 Å². The van der Waals surface area contributed by atoms with Crippen molar-refractivity contribution in [2.45, 2.75) is 51.0 Å². The third-order valence-corrected chi connectivity index (χ3v) is 8.27. The van der Waals surface area contributed by atoms with Crippen LogP contribution in [0.1, 0.15) is 57.1 Å². The van der Waals surface area contributed by atoms with Crippen LogP contribution in [-0.2, 0) is 13.6 Å². The number of aromatic nitrogens is 6. The quantitative estimate of drug-likeness (QED) is 0.282. The fourth-order valence-corrected chi connectivity index (χ4v) is 5.92. The van der Waals surface area contributed by atoms with E-state index in [1.807, 2.05) is 31.6 Å². The van der Waals surface area contributed by atoms with E-state index in [1.54, 1.807) is 25.9 Å². The second kappa shape index (κ2) is 10.1. The molecular formula is C31H34FN7O. The maximum absolute atomic E-state index is 14.4. The molecule has 0 radical (unpaired) electrons. The first kappa shape index (κ1) is 24.9. The summed E-state index contributed by atoms with van der Waals surface area (Å²) in [5.41, 5.74) is 4.99. The molecule has 1 N–H and O–H groups in total. The van der Waals surface area contributed by atoms with Gasteiger partial charge in [-0.2, -0.15) is 0 Å². The highest BCUT2D eigenvalue weighted by atomic mass is 19.1. The molecule has 4 aromatic heterocycles. The fraction of sp³-hybridized carbons (Fsp3) is 0.355. The maximum Gasteiger partial charge on any atom is 0.338 e. The molecule has 1 aromatic carbocycles. The number of hydrogen-bond donors (Lipinski definition) is 1. The molecule has 2 aliphatic carbocycles. The first-order valence-electron chi connectivity index (χ1n) is 14.1. The Bertz CT molecular complexity index is 1760. The van der Waals surface area contributed by atoms with Crippen LogP contribution >= 0.6 is 0 Å². The monoisotopic (exact) mass is 539 g/mol. The van der Waals surface area contributed by atoms with Crippen LogP contribution in [0.2, 0.25) is 0 Å². The highest BCUT2D eigenvalue weighted by Gasteiger charge is 2.27. The number of nitrogens with zero attached hydrogens (tertiary/aromatic N) is 6. The summed E-state index contributed by atoms with van der Waals surface area (Å²) in [5.74, 6) is 1.91. The van der Waals surface area contributed by atoms with Crippen LogP contribution in [0.4, 0.5) is 4.39 Å². The van der Waals surface area contributed by atoms with Gasteiger partial charge in [-0.3, -0.25) is 8.97 Å². The summed E-state index contributed by atoms with van der Waals surface area (Å²) in [6, 6.07) is 12.7. The number of hydrogen-bond acceptors (Lipinski definition) is 5. The first-order valence-corrected chi connectivity index (χ1v) is 14.1. The minimum atomic E-state index is -0.345. The summed E-state index contributed by atoms with van der Waals surface area (Å²) >= 11 is 0. The van der Waals surface area contributed by atoms with E-state index in [-0.39, 0.29) is 12.9 Å². The van der Waals surface area contributed by atoms with Crippen LogP contribution in [0, 0.1) is 11.7 Å². The molecule has 0 spiro atoms. The largest absolute Gasteiger partial charge is 0.338 e. The molecule has 9 heteroatoms. The Balaban J connectivity index is 0.00000302. The molecule has 8 nitrogen and oxygen atoms in total. The number of rotatable bonds is 8. The third kappa shape index (κ3) is 4.75. The van der Waals surface area contributed by atoms with Crippen molar-refractivity contribution in [3.63, 3.8) is 0 Å². The van der Waals surface area contributed by atoms with Crippen molar-refractivity contribution in [3.8, 4) is 28.3 Å². The van der Waals surface area contributed by atoms with Crippen LogP contribution in [-0.4, -0.2) is 35.3 Å². The molecule has 2 saturated carbocycles. The summed E-state index contributed by atoms with van der Waals surface area (Å²) in [5, 5.41) is 11.8. The van der Waals surface area contributed by atoms with Gasteiger partial charge in [-0.15, -0.1) is 10.2 Å². The summed E-state index contributed by atoms with van der Waals surface area (Å²) in [6.07, 6.45) is 12.8. The Morgan fingerprint density at radius 3 is 2.65 bits per heavy atom. The zero-order valence-electron chi connectivity index (χ0n) is 22.6. The second-order valence-corrected chi connectivity index (χ2v) is 11.3. The van der Waals surface area contributed by atoms with E-state index in [4.69, 9.17) is 4.98 Å². The zero-order chi connectivity index (χ0) is 27.2. The summed E-state index contributed by atoms with van der Waals surface area (Å²) in [7, 11) is 1.84. The van der Waals surface area contributed by atoms with Crippen molar-refractivity contribution < 1.29 is 5.82 Å². The van der Waals surface area contributed by atoms with E-state index in [9.17, 15) is 9.18 Å². The van der Waals surface area contributed by atoms with Crippen molar-refractivity contribution in [1.29, 1.82) is 0 Å². The molecule has 0 amide bonds. The molecular weight excluding hydrogens is 505 g/mol. The van der Waals surface area contributed by atoms with Crippen molar-refractivity contribution in [1.82, 2.24) is 34.0 Å². The number of aryl methyl sites for hydroxylation is 1. The van der Waals surface area contributed by atoms with Gasteiger partial charge in [0.15, 0.2) is 5.82 Å². The van der Waals surface area contributed by atoms with Gasteiger partial charge in [0.05, 0.1) is 5.52 Å². The minimum absolute atomic E-state index is 0. The fourth-order valence-electron chi connectivity index (χ4n) is 5.92. The molecule has 0 saturated heterocycles. The van der Waals surface area contributed by atoms with Gasteiger partial charge < -0.3 is 9.88 Å². The highest BCUT2D eigenvalue weighted by Crippen LogP contribution is 2.41. The van der Waals surface area contributed by atoms with Crippen LogP contribution in [0.3, 0.4) is 0 Å². The average molecular weight is 540 g/mol. The van der Waals surface area contributed by atoms with Gasteiger partial charge in [0, 0.05) is 44.6 Å². The molecule has 2 fully saturated rings. The molecule has 5 aromatic rings. The number of imidazole rings is 1. The minimum Gasteiger partial charge on any atom is -0.317 e. The Hall–Kier alpha value is -4.11. The Morgan fingerprint density at radius 2 is 1.88 bits per heavy atom. The highest BCUT2D eigenvalue weighted by molar-refractivity contribution is 5.81. The predicted octanol–water partition coefficient (Wildman–Crippen LogP) is 5.49. The number of benzene rings is 1. The number of halogens is 1. The van der Waals surface area contributed by atoms with Crippen LogP contribution in [0.25, 0.3) is 33.8 Å².